The summed E-state index contributed by atoms with van der Waals surface area (Å²) < 4.78 is 5.76. The van der Waals surface area contributed by atoms with Crippen LogP contribution in [0, 0.1) is 0 Å². The molecule has 4 nitrogen and oxygen atoms in total. The molecule has 1 aliphatic carbocycles. The number of esters is 1. The third-order valence-corrected chi connectivity index (χ3v) is 4.49. The number of rotatable bonds is 1. The first-order chi connectivity index (χ1) is 8.72. The summed E-state index contributed by atoms with van der Waals surface area (Å²) in [7, 11) is 1.35. The Kier molecular flexibility index (Phi) is 2.70. The fraction of sp³-hybridized carbons (Fsp3) is 0.385. The molecule has 0 radical (unpaired) electrons. The standard InChI is InChI=1S/C13H13NO3S/c1-17-13(16)9-6-18-11-7-4-2-3-5-8(7)12(15)14-10(9)11/h6H,2-5H2,1H3,(H,14,15). The predicted molar refractivity (Wildman–Crippen MR) is 70.4 cm³/mol. The van der Waals surface area contributed by atoms with Crippen molar-refractivity contribution < 1.29 is 9.53 Å². The second-order valence-electron chi connectivity index (χ2n) is 4.46. The number of hydrogen-bond acceptors (Lipinski definition) is 4. The Morgan fingerprint density at radius 1 is 1.33 bits per heavy atom. The summed E-state index contributed by atoms with van der Waals surface area (Å²) in [6.45, 7) is 0. The van der Waals surface area contributed by atoms with Crippen LogP contribution in [-0.4, -0.2) is 18.1 Å². The van der Waals surface area contributed by atoms with E-state index in [1.165, 1.54) is 18.4 Å². The second kappa shape index (κ2) is 4.24. The van der Waals surface area contributed by atoms with E-state index in [9.17, 15) is 9.59 Å². The normalized spacial score (nSPS) is 14.5. The molecule has 1 aliphatic rings. The molecule has 1 N–H and O–H groups in total. The zero-order valence-corrected chi connectivity index (χ0v) is 10.9. The van der Waals surface area contributed by atoms with Gasteiger partial charge in [-0.25, -0.2) is 4.79 Å². The van der Waals surface area contributed by atoms with Gasteiger partial charge >= 0.3 is 5.97 Å². The number of hydrogen-bond donors (Lipinski definition) is 1. The van der Waals surface area contributed by atoms with Gasteiger partial charge in [0.1, 0.15) is 0 Å². The first-order valence-electron chi connectivity index (χ1n) is 5.96. The molecule has 0 bridgehead atoms. The van der Waals surface area contributed by atoms with E-state index < -0.39 is 5.97 Å². The minimum Gasteiger partial charge on any atom is -0.465 e. The van der Waals surface area contributed by atoms with Gasteiger partial charge in [-0.3, -0.25) is 4.79 Å². The SMILES string of the molecule is COC(=O)c1csc2c3c(c(=O)[nH]c12)CCCC3. The molecule has 18 heavy (non-hydrogen) atoms. The molecular weight excluding hydrogens is 250 g/mol. The number of carbonyl (C=O) groups is 1. The average Bonchev–Trinajstić information content (AvgIpc) is 2.82. The summed E-state index contributed by atoms with van der Waals surface area (Å²) in [5.41, 5.74) is 3.06. The molecule has 2 aromatic heterocycles. The number of ether oxygens (including phenoxy) is 1. The maximum atomic E-state index is 12.0. The van der Waals surface area contributed by atoms with E-state index in [0.29, 0.717) is 11.1 Å². The number of nitrogens with one attached hydrogen (secondary N) is 1. The molecule has 0 spiro atoms. The molecule has 0 aliphatic heterocycles. The van der Waals surface area contributed by atoms with Gasteiger partial charge < -0.3 is 9.72 Å². The van der Waals surface area contributed by atoms with Gasteiger partial charge in [0.2, 0.25) is 0 Å². The van der Waals surface area contributed by atoms with E-state index in [0.717, 1.165) is 41.5 Å². The molecule has 5 heteroatoms. The predicted octanol–water partition coefficient (Wildman–Crippen LogP) is 2.25. The number of carbonyl (C=O) groups excluding carboxylic acids is 1. The molecule has 0 saturated carbocycles. The molecule has 2 aromatic rings. The fourth-order valence-corrected chi connectivity index (χ4v) is 3.66. The van der Waals surface area contributed by atoms with E-state index in [1.54, 1.807) is 5.38 Å². The van der Waals surface area contributed by atoms with E-state index in [2.05, 4.69) is 4.98 Å². The third-order valence-electron chi connectivity index (χ3n) is 3.45. The number of aryl methyl sites for hydroxylation is 1. The lowest BCUT2D eigenvalue weighted by molar-refractivity contribution is 0.0603. The van der Waals surface area contributed by atoms with Crippen LogP contribution >= 0.6 is 11.3 Å². The van der Waals surface area contributed by atoms with Gasteiger partial charge in [-0.2, -0.15) is 0 Å². The lowest BCUT2D eigenvalue weighted by Crippen LogP contribution is -2.19. The van der Waals surface area contributed by atoms with Gasteiger partial charge in [-0.1, -0.05) is 0 Å². The van der Waals surface area contributed by atoms with Crippen LogP contribution in [0.15, 0.2) is 10.2 Å². The molecule has 3 rings (SSSR count). The van der Waals surface area contributed by atoms with Crippen LogP contribution in [0.2, 0.25) is 0 Å². The Hall–Kier alpha value is -1.62. The number of thiophene rings is 1. The quantitative estimate of drug-likeness (QED) is 0.803. The zero-order chi connectivity index (χ0) is 12.7. The van der Waals surface area contributed by atoms with Crippen LogP contribution in [-0.2, 0) is 17.6 Å². The van der Waals surface area contributed by atoms with Gasteiger partial charge in [-0.15, -0.1) is 11.3 Å². The summed E-state index contributed by atoms with van der Waals surface area (Å²) in [6.07, 6.45) is 3.94. The van der Waals surface area contributed by atoms with Crippen molar-refractivity contribution in [2.45, 2.75) is 25.7 Å². The molecule has 0 fully saturated rings. The van der Waals surface area contributed by atoms with Gasteiger partial charge in [0.25, 0.3) is 5.56 Å². The monoisotopic (exact) mass is 263 g/mol. The summed E-state index contributed by atoms with van der Waals surface area (Å²) >= 11 is 1.51. The van der Waals surface area contributed by atoms with Crippen LogP contribution in [0.3, 0.4) is 0 Å². The van der Waals surface area contributed by atoms with Crippen molar-refractivity contribution in [1.82, 2.24) is 4.98 Å². The highest BCUT2D eigenvalue weighted by Crippen LogP contribution is 2.32. The first kappa shape index (κ1) is 11.5. The van der Waals surface area contributed by atoms with E-state index >= 15 is 0 Å². The van der Waals surface area contributed by atoms with E-state index in [1.807, 2.05) is 0 Å². The van der Waals surface area contributed by atoms with Crippen molar-refractivity contribution >= 4 is 27.5 Å². The topological polar surface area (TPSA) is 59.2 Å². The van der Waals surface area contributed by atoms with E-state index in [-0.39, 0.29) is 5.56 Å². The molecule has 0 aromatic carbocycles. The number of aromatic amines is 1. The van der Waals surface area contributed by atoms with Crippen LogP contribution < -0.4 is 5.56 Å². The van der Waals surface area contributed by atoms with Crippen molar-refractivity contribution in [3.63, 3.8) is 0 Å². The molecule has 0 atom stereocenters. The van der Waals surface area contributed by atoms with Gasteiger partial charge in [0, 0.05) is 10.9 Å². The Balaban J connectivity index is 2.32. The highest BCUT2D eigenvalue weighted by atomic mass is 32.1. The van der Waals surface area contributed by atoms with Crippen molar-refractivity contribution in [2.24, 2.45) is 0 Å². The maximum absolute atomic E-state index is 12.0. The fourth-order valence-electron chi connectivity index (χ4n) is 2.56. The van der Waals surface area contributed by atoms with Crippen LogP contribution in [0.25, 0.3) is 10.2 Å². The lowest BCUT2D eigenvalue weighted by Gasteiger charge is -2.15. The van der Waals surface area contributed by atoms with Crippen LogP contribution in [0.4, 0.5) is 0 Å². The summed E-state index contributed by atoms with van der Waals surface area (Å²) in [4.78, 5) is 26.5. The van der Waals surface area contributed by atoms with Crippen molar-refractivity contribution in [3.05, 3.63) is 32.4 Å². The van der Waals surface area contributed by atoms with Crippen molar-refractivity contribution in [1.29, 1.82) is 0 Å². The van der Waals surface area contributed by atoms with Gasteiger partial charge in [0.05, 0.1) is 22.9 Å². The molecule has 0 amide bonds. The van der Waals surface area contributed by atoms with E-state index in [4.69, 9.17) is 4.74 Å². The number of pyridine rings is 1. The Morgan fingerprint density at radius 3 is 2.78 bits per heavy atom. The summed E-state index contributed by atoms with van der Waals surface area (Å²) in [5, 5.41) is 1.77. The molecule has 0 unspecified atom stereocenters. The highest BCUT2D eigenvalue weighted by Gasteiger charge is 2.21. The molecule has 0 saturated heterocycles. The van der Waals surface area contributed by atoms with Crippen molar-refractivity contribution in [2.75, 3.05) is 7.11 Å². The number of methoxy groups -OCH3 is 1. The minimum atomic E-state index is -0.396. The van der Waals surface area contributed by atoms with Crippen LogP contribution in [0.5, 0.6) is 0 Å². The van der Waals surface area contributed by atoms with Gasteiger partial charge in [0.15, 0.2) is 0 Å². The van der Waals surface area contributed by atoms with Crippen LogP contribution in [0.1, 0.15) is 34.3 Å². The smallest absolute Gasteiger partial charge is 0.340 e. The molecule has 94 valence electrons. The minimum absolute atomic E-state index is 0.0549. The Labute approximate surface area is 108 Å². The Bertz CT molecular complexity index is 683. The molecular formula is C13H13NO3S. The zero-order valence-electron chi connectivity index (χ0n) is 10.0. The summed E-state index contributed by atoms with van der Waals surface area (Å²) in [6, 6.07) is 0. The average molecular weight is 263 g/mol. The number of H-pyrrole nitrogens is 1. The molecule has 2 heterocycles. The van der Waals surface area contributed by atoms with Gasteiger partial charge in [-0.05, 0) is 31.2 Å². The number of fused-ring (bicyclic) bond motifs is 3. The first-order valence-corrected chi connectivity index (χ1v) is 6.84. The summed E-state index contributed by atoms with van der Waals surface area (Å²) in [5.74, 6) is -0.396. The largest absolute Gasteiger partial charge is 0.465 e. The Morgan fingerprint density at radius 2 is 2.06 bits per heavy atom. The lowest BCUT2D eigenvalue weighted by atomic mass is 9.92. The van der Waals surface area contributed by atoms with Crippen molar-refractivity contribution in [3.8, 4) is 0 Å². The highest BCUT2D eigenvalue weighted by molar-refractivity contribution is 7.17. The second-order valence-corrected chi connectivity index (χ2v) is 5.34. The number of aromatic nitrogens is 1. The third kappa shape index (κ3) is 1.58. The maximum Gasteiger partial charge on any atom is 0.340 e.